The molecule has 20 heavy (non-hydrogen) atoms. The number of rotatable bonds is 3. The van der Waals surface area contributed by atoms with Crippen LogP contribution < -0.4 is 5.73 Å². The van der Waals surface area contributed by atoms with Gasteiger partial charge in [0.2, 0.25) is 5.91 Å². The van der Waals surface area contributed by atoms with Crippen LogP contribution in [0.25, 0.3) is 0 Å². The van der Waals surface area contributed by atoms with Crippen molar-refractivity contribution >= 4 is 18.3 Å². The Balaban J connectivity index is 0.00000200. The van der Waals surface area contributed by atoms with E-state index in [2.05, 4.69) is 6.92 Å². The molecule has 1 aromatic carbocycles. The summed E-state index contributed by atoms with van der Waals surface area (Å²) in [6, 6.07) is 9.69. The largest absolute Gasteiger partial charge is 0.343 e. The number of hydrogen-bond acceptors (Lipinski definition) is 2. The van der Waals surface area contributed by atoms with Gasteiger partial charge in [0, 0.05) is 25.6 Å². The fourth-order valence-electron chi connectivity index (χ4n) is 2.65. The van der Waals surface area contributed by atoms with Crippen molar-refractivity contribution < 1.29 is 4.79 Å². The molecule has 1 amide bonds. The lowest BCUT2D eigenvalue weighted by atomic mass is 10.0. The molecule has 3 nitrogen and oxygen atoms in total. The van der Waals surface area contributed by atoms with Crippen molar-refractivity contribution in [1.29, 1.82) is 0 Å². The molecular formula is C16H25ClN2O. The van der Waals surface area contributed by atoms with Gasteiger partial charge in [0.25, 0.3) is 0 Å². The highest BCUT2D eigenvalue weighted by Crippen LogP contribution is 2.19. The normalized spacial score (nSPS) is 20.7. The highest BCUT2D eigenvalue weighted by Gasteiger charge is 2.20. The summed E-state index contributed by atoms with van der Waals surface area (Å²) in [6.07, 6.45) is 3.88. The average Bonchev–Trinajstić information content (AvgIpc) is 2.64. The van der Waals surface area contributed by atoms with Crippen molar-refractivity contribution in [3.05, 3.63) is 35.9 Å². The minimum Gasteiger partial charge on any atom is -0.343 e. The Kier molecular flexibility index (Phi) is 7.03. The molecule has 0 aliphatic carbocycles. The summed E-state index contributed by atoms with van der Waals surface area (Å²) in [5.41, 5.74) is 7.16. The van der Waals surface area contributed by atoms with Crippen LogP contribution in [0.3, 0.4) is 0 Å². The highest BCUT2D eigenvalue weighted by molar-refractivity contribution is 5.85. The van der Waals surface area contributed by atoms with Crippen LogP contribution in [-0.2, 0) is 4.79 Å². The van der Waals surface area contributed by atoms with E-state index in [0.29, 0.717) is 6.42 Å². The average molecular weight is 297 g/mol. The van der Waals surface area contributed by atoms with E-state index in [4.69, 9.17) is 5.73 Å². The Morgan fingerprint density at radius 2 is 2.00 bits per heavy atom. The van der Waals surface area contributed by atoms with Crippen LogP contribution in [0, 0.1) is 5.92 Å². The SMILES string of the molecule is CC1CCCN(C(=O)CC(N)c2ccccc2)CC1.Cl. The second-order valence-electron chi connectivity index (χ2n) is 5.64. The number of amides is 1. The molecule has 112 valence electrons. The minimum absolute atomic E-state index is 0. The van der Waals surface area contributed by atoms with Gasteiger partial charge in [-0.15, -0.1) is 12.4 Å². The van der Waals surface area contributed by atoms with Crippen molar-refractivity contribution in [2.75, 3.05) is 13.1 Å². The monoisotopic (exact) mass is 296 g/mol. The molecule has 1 aliphatic heterocycles. The summed E-state index contributed by atoms with van der Waals surface area (Å²) in [4.78, 5) is 14.3. The molecule has 2 atom stereocenters. The van der Waals surface area contributed by atoms with Crippen LogP contribution >= 0.6 is 12.4 Å². The molecule has 1 aliphatic rings. The molecule has 1 heterocycles. The highest BCUT2D eigenvalue weighted by atomic mass is 35.5. The van der Waals surface area contributed by atoms with E-state index >= 15 is 0 Å². The molecule has 2 rings (SSSR count). The van der Waals surface area contributed by atoms with E-state index in [9.17, 15) is 4.79 Å². The van der Waals surface area contributed by atoms with Gasteiger partial charge >= 0.3 is 0 Å². The summed E-state index contributed by atoms with van der Waals surface area (Å²) in [6.45, 7) is 4.05. The van der Waals surface area contributed by atoms with E-state index in [1.54, 1.807) is 0 Å². The van der Waals surface area contributed by atoms with Crippen molar-refractivity contribution in [2.45, 2.75) is 38.6 Å². The minimum atomic E-state index is -0.186. The molecule has 0 saturated carbocycles. The lowest BCUT2D eigenvalue weighted by Crippen LogP contribution is -2.34. The van der Waals surface area contributed by atoms with Gasteiger partial charge in [0.15, 0.2) is 0 Å². The van der Waals surface area contributed by atoms with Crippen LogP contribution in [0.5, 0.6) is 0 Å². The van der Waals surface area contributed by atoms with Gasteiger partial charge in [-0.3, -0.25) is 4.79 Å². The van der Waals surface area contributed by atoms with E-state index < -0.39 is 0 Å². The summed E-state index contributed by atoms with van der Waals surface area (Å²) in [5.74, 6) is 0.936. The second kappa shape index (κ2) is 8.28. The molecule has 0 aromatic heterocycles. The molecule has 2 N–H and O–H groups in total. The standard InChI is InChI=1S/C16H24N2O.ClH/c1-13-6-5-10-18(11-9-13)16(19)12-15(17)14-7-3-2-4-8-14;/h2-4,7-8,13,15H,5-6,9-12,17H2,1H3;1H. The predicted octanol–water partition coefficient (Wildman–Crippen LogP) is 3.15. The number of hydrogen-bond donors (Lipinski definition) is 1. The van der Waals surface area contributed by atoms with E-state index in [0.717, 1.165) is 37.4 Å². The second-order valence-corrected chi connectivity index (χ2v) is 5.64. The first-order chi connectivity index (χ1) is 9.16. The maximum atomic E-state index is 12.3. The molecule has 0 spiro atoms. The third kappa shape index (κ3) is 4.80. The van der Waals surface area contributed by atoms with Gasteiger partial charge in [-0.2, -0.15) is 0 Å². The number of halogens is 1. The zero-order chi connectivity index (χ0) is 13.7. The molecule has 2 unspecified atom stereocenters. The van der Waals surface area contributed by atoms with Crippen LogP contribution in [-0.4, -0.2) is 23.9 Å². The topological polar surface area (TPSA) is 46.3 Å². The van der Waals surface area contributed by atoms with Gasteiger partial charge in [-0.25, -0.2) is 0 Å². The van der Waals surface area contributed by atoms with Crippen molar-refractivity contribution in [2.24, 2.45) is 11.7 Å². The Labute approximate surface area is 127 Å². The predicted molar refractivity (Wildman–Crippen MR) is 84.8 cm³/mol. The summed E-state index contributed by atoms with van der Waals surface area (Å²) >= 11 is 0. The molecule has 1 aromatic rings. The summed E-state index contributed by atoms with van der Waals surface area (Å²) in [7, 11) is 0. The van der Waals surface area contributed by atoms with Crippen LogP contribution in [0.2, 0.25) is 0 Å². The third-order valence-corrected chi connectivity index (χ3v) is 3.99. The zero-order valence-electron chi connectivity index (χ0n) is 12.1. The molecule has 0 bridgehead atoms. The van der Waals surface area contributed by atoms with E-state index in [1.165, 1.54) is 6.42 Å². The van der Waals surface area contributed by atoms with Crippen molar-refractivity contribution in [3.8, 4) is 0 Å². The number of carbonyl (C=O) groups is 1. The van der Waals surface area contributed by atoms with Gasteiger partial charge in [0.05, 0.1) is 0 Å². The van der Waals surface area contributed by atoms with E-state index in [1.807, 2.05) is 35.2 Å². The van der Waals surface area contributed by atoms with Crippen LogP contribution in [0.4, 0.5) is 0 Å². The lowest BCUT2D eigenvalue weighted by molar-refractivity contribution is -0.131. The van der Waals surface area contributed by atoms with Gasteiger partial charge < -0.3 is 10.6 Å². The van der Waals surface area contributed by atoms with Crippen molar-refractivity contribution in [3.63, 3.8) is 0 Å². The molecular weight excluding hydrogens is 272 g/mol. The Hall–Kier alpha value is -1.06. The van der Waals surface area contributed by atoms with Gasteiger partial charge in [0.1, 0.15) is 0 Å². The van der Waals surface area contributed by atoms with Gasteiger partial charge in [-0.05, 0) is 30.7 Å². The number of likely N-dealkylation sites (tertiary alicyclic amines) is 1. The molecule has 4 heteroatoms. The quantitative estimate of drug-likeness (QED) is 0.931. The number of benzene rings is 1. The number of nitrogens with two attached hydrogens (primary N) is 1. The fraction of sp³-hybridized carbons (Fsp3) is 0.562. The number of nitrogens with zero attached hydrogens (tertiary/aromatic N) is 1. The third-order valence-electron chi connectivity index (χ3n) is 3.99. The van der Waals surface area contributed by atoms with Crippen molar-refractivity contribution in [1.82, 2.24) is 4.90 Å². The molecule has 1 fully saturated rings. The Bertz CT molecular complexity index is 410. The Morgan fingerprint density at radius 1 is 1.30 bits per heavy atom. The Morgan fingerprint density at radius 3 is 2.70 bits per heavy atom. The van der Waals surface area contributed by atoms with Crippen LogP contribution in [0.15, 0.2) is 30.3 Å². The molecule has 1 saturated heterocycles. The maximum Gasteiger partial charge on any atom is 0.224 e. The smallest absolute Gasteiger partial charge is 0.224 e. The van der Waals surface area contributed by atoms with Crippen LogP contribution in [0.1, 0.15) is 44.2 Å². The first-order valence-corrected chi connectivity index (χ1v) is 7.25. The number of carbonyl (C=O) groups excluding carboxylic acids is 1. The first kappa shape index (κ1) is 17.0. The fourth-order valence-corrected chi connectivity index (χ4v) is 2.65. The first-order valence-electron chi connectivity index (χ1n) is 7.25. The summed E-state index contributed by atoms with van der Waals surface area (Å²) in [5, 5.41) is 0. The zero-order valence-corrected chi connectivity index (χ0v) is 12.9. The lowest BCUT2D eigenvalue weighted by Gasteiger charge is -2.22. The van der Waals surface area contributed by atoms with Gasteiger partial charge in [-0.1, -0.05) is 37.3 Å². The molecule has 0 radical (unpaired) electrons. The maximum absolute atomic E-state index is 12.3. The summed E-state index contributed by atoms with van der Waals surface area (Å²) < 4.78 is 0. The van der Waals surface area contributed by atoms with E-state index in [-0.39, 0.29) is 24.4 Å².